The zero-order valence-electron chi connectivity index (χ0n) is 32.1. The van der Waals surface area contributed by atoms with Crippen LogP contribution >= 0.6 is 15.6 Å². The minimum absolute atomic E-state index is 0.265. The Morgan fingerprint density at radius 1 is 0.780 bits per heavy atom. The predicted octanol–water partition coefficient (Wildman–Crippen LogP) is 8.25. The van der Waals surface area contributed by atoms with Crippen molar-refractivity contribution in [3.05, 3.63) is 35.2 Å². The van der Waals surface area contributed by atoms with E-state index in [1.165, 1.54) is 18.1 Å². The Hall–Kier alpha value is -2.76. The van der Waals surface area contributed by atoms with E-state index >= 15 is 0 Å². The first-order valence-corrected chi connectivity index (χ1v) is 19.2. The molecule has 0 N–H and O–H groups in total. The maximum Gasteiger partial charge on any atom is 0.531 e. The quantitative estimate of drug-likeness (QED) is 0.0436. The van der Waals surface area contributed by atoms with E-state index in [1.807, 2.05) is 0 Å². The van der Waals surface area contributed by atoms with Crippen LogP contribution in [0.4, 0.5) is 0 Å². The number of aryl methyl sites for hydroxylation is 1. The summed E-state index contributed by atoms with van der Waals surface area (Å²) in [5.41, 5.74) is 0.0829. The van der Waals surface area contributed by atoms with Gasteiger partial charge in [-0.05, 0) is 107 Å². The molecule has 1 rings (SSSR count). The van der Waals surface area contributed by atoms with Gasteiger partial charge in [0.05, 0.1) is 28.4 Å². The Morgan fingerprint density at radius 2 is 1.26 bits per heavy atom. The predicted molar refractivity (Wildman–Crippen MR) is 189 cm³/mol. The van der Waals surface area contributed by atoms with E-state index in [9.17, 15) is 23.5 Å². The van der Waals surface area contributed by atoms with Crippen molar-refractivity contribution in [3.63, 3.8) is 0 Å². The summed E-state index contributed by atoms with van der Waals surface area (Å²) < 4.78 is 62.5. The molecule has 16 heteroatoms. The van der Waals surface area contributed by atoms with Gasteiger partial charge in [0, 0.05) is 19.7 Å². The van der Waals surface area contributed by atoms with E-state index in [1.54, 1.807) is 73.2 Å². The third-order valence-electron chi connectivity index (χ3n) is 7.05. The molecule has 0 saturated heterocycles. The van der Waals surface area contributed by atoms with Crippen LogP contribution in [0, 0.1) is 16.2 Å². The number of hydrogen-bond acceptors (Lipinski definition) is 13. The van der Waals surface area contributed by atoms with Crippen molar-refractivity contribution in [2.45, 2.75) is 127 Å². The number of aromatic nitrogens is 3. The van der Waals surface area contributed by atoms with Gasteiger partial charge in [-0.15, -0.1) is 9.62 Å². The second kappa shape index (κ2) is 19.2. The van der Waals surface area contributed by atoms with Crippen LogP contribution in [0.3, 0.4) is 0 Å². The van der Waals surface area contributed by atoms with Gasteiger partial charge in [-0.1, -0.05) is 28.5 Å². The molecule has 0 aliphatic carbocycles. The maximum atomic E-state index is 14.7. The lowest BCUT2D eigenvalue weighted by atomic mass is 9.98. The van der Waals surface area contributed by atoms with Crippen molar-refractivity contribution in [1.29, 1.82) is 0 Å². The molecule has 284 valence electrons. The topological polar surface area (TPSA) is 171 Å². The van der Waals surface area contributed by atoms with E-state index in [-0.39, 0.29) is 12.1 Å². The van der Waals surface area contributed by atoms with Crippen LogP contribution in [0.15, 0.2) is 29.5 Å². The van der Waals surface area contributed by atoms with Crippen LogP contribution < -0.4 is 0 Å². The van der Waals surface area contributed by atoms with Gasteiger partial charge in [0.2, 0.25) is 20.4 Å². The van der Waals surface area contributed by atoms with Crippen LogP contribution in [0.1, 0.15) is 115 Å². The summed E-state index contributed by atoms with van der Waals surface area (Å²) in [6.07, 6.45) is 8.18. The number of ether oxygens (including phenoxy) is 3. The van der Waals surface area contributed by atoms with Crippen molar-refractivity contribution in [1.82, 2.24) is 15.0 Å². The van der Waals surface area contributed by atoms with Crippen LogP contribution in [0.25, 0.3) is 0 Å². The normalized spacial score (nSPS) is 14.4. The highest BCUT2D eigenvalue weighted by Crippen LogP contribution is 2.70. The molecule has 2 atom stereocenters. The molecular weight excluding hydrogens is 688 g/mol. The summed E-state index contributed by atoms with van der Waals surface area (Å²) in [4.78, 5) is 35.2. The van der Waals surface area contributed by atoms with Gasteiger partial charge in [-0.3, -0.25) is 32.7 Å². The number of hydrogen-bond donors (Lipinski definition) is 0. The molecule has 0 spiro atoms. The first-order valence-electron chi connectivity index (χ1n) is 16.5. The number of esters is 3. The lowest BCUT2D eigenvalue weighted by Crippen LogP contribution is -2.31. The van der Waals surface area contributed by atoms with E-state index in [0.29, 0.717) is 13.0 Å². The Labute approximate surface area is 298 Å². The lowest BCUT2D eigenvalue weighted by molar-refractivity contribution is -0.162. The van der Waals surface area contributed by atoms with Crippen LogP contribution in [-0.4, -0.2) is 58.2 Å². The SMILES string of the molecule is CC(C)=CCC/C(C)=C/CCn1cc(CC(C)([P+](=O)OCOC(=O)C(C)(C)C)P(=O)(OCOC(=O)C(C)(C)C)OCOC(=O)C(C)(C)C)nn1. The molecule has 14 nitrogen and oxygen atoms in total. The summed E-state index contributed by atoms with van der Waals surface area (Å²) in [6.45, 7) is 20.2. The first kappa shape index (κ1) is 45.3. The van der Waals surface area contributed by atoms with Gasteiger partial charge in [-0.25, -0.2) is 0 Å². The fourth-order valence-corrected chi connectivity index (χ4v) is 7.20. The summed E-state index contributed by atoms with van der Waals surface area (Å²) >= 11 is 0. The molecule has 0 aromatic carbocycles. The largest absolute Gasteiger partial charge is 0.531 e. The van der Waals surface area contributed by atoms with E-state index < -0.39 is 75.1 Å². The highest BCUT2D eigenvalue weighted by molar-refractivity contribution is 7.68. The number of allylic oxidation sites excluding steroid dienone is 4. The van der Waals surface area contributed by atoms with Gasteiger partial charge in [-0.2, -0.15) is 0 Å². The van der Waals surface area contributed by atoms with Crippen LogP contribution in [-0.2, 0) is 64.3 Å². The lowest BCUT2D eigenvalue weighted by Gasteiger charge is -2.27. The third kappa shape index (κ3) is 15.2. The summed E-state index contributed by atoms with van der Waals surface area (Å²) in [6, 6.07) is 0. The summed E-state index contributed by atoms with van der Waals surface area (Å²) in [5, 5.41) is 8.37. The standard InChI is InChI=1S/C34H58N3O11P2/c1-25(2)16-14-17-26(3)18-15-19-37-21-27(35-36-37)20-34(13,49(41)46-22-43-28(38)31(4,5)6)50(42,47-23-44-29(39)32(7,8)9)48-24-45-30(40)33(10,11)12/h16,18,21H,14-15,17,19-20,22-24H2,1-13H3/q+1/b26-18+. The van der Waals surface area contributed by atoms with Crippen molar-refractivity contribution in [2.24, 2.45) is 16.2 Å². The number of rotatable bonds is 19. The van der Waals surface area contributed by atoms with Gasteiger partial charge in [0.15, 0.2) is 0 Å². The van der Waals surface area contributed by atoms with E-state index in [4.69, 9.17) is 27.8 Å². The number of carbonyl (C=O) groups is 3. The Morgan fingerprint density at radius 3 is 1.72 bits per heavy atom. The number of carbonyl (C=O) groups excluding carboxylic acids is 3. The molecule has 0 bridgehead atoms. The molecule has 0 fully saturated rings. The van der Waals surface area contributed by atoms with Crippen LogP contribution in [0.5, 0.6) is 0 Å². The summed E-state index contributed by atoms with van der Waals surface area (Å²) in [7, 11) is -7.76. The Balaban J connectivity index is 3.42. The monoisotopic (exact) mass is 746 g/mol. The van der Waals surface area contributed by atoms with Gasteiger partial charge < -0.3 is 14.2 Å². The van der Waals surface area contributed by atoms with Crippen molar-refractivity contribution in [3.8, 4) is 0 Å². The molecule has 1 aromatic heterocycles. The molecule has 0 saturated carbocycles. The zero-order valence-corrected chi connectivity index (χ0v) is 33.9. The van der Waals surface area contributed by atoms with Crippen LogP contribution in [0.2, 0.25) is 0 Å². The molecule has 0 aliphatic rings. The van der Waals surface area contributed by atoms with Crippen molar-refractivity contribution >= 4 is 33.5 Å². The Kier molecular flexibility index (Phi) is 17.4. The molecule has 50 heavy (non-hydrogen) atoms. The zero-order chi connectivity index (χ0) is 38.6. The second-order valence-electron chi connectivity index (χ2n) is 15.6. The smallest absolute Gasteiger partial charge is 0.438 e. The molecule has 1 heterocycles. The van der Waals surface area contributed by atoms with E-state index in [2.05, 4.69) is 43.2 Å². The van der Waals surface area contributed by atoms with E-state index in [0.717, 1.165) is 12.8 Å². The molecule has 0 radical (unpaired) electrons. The molecule has 2 unspecified atom stereocenters. The minimum Gasteiger partial charge on any atom is -0.438 e. The molecule has 0 amide bonds. The first-order chi connectivity index (χ1) is 22.8. The van der Waals surface area contributed by atoms with Gasteiger partial charge in [0.1, 0.15) is 0 Å². The van der Waals surface area contributed by atoms with Crippen molar-refractivity contribution < 1.29 is 51.3 Å². The second-order valence-corrected chi connectivity index (χ2v) is 20.2. The molecule has 0 aliphatic heterocycles. The van der Waals surface area contributed by atoms with Crippen molar-refractivity contribution in [2.75, 3.05) is 20.4 Å². The third-order valence-corrected chi connectivity index (χ3v) is 11.8. The van der Waals surface area contributed by atoms with Gasteiger partial charge >= 0.3 is 33.5 Å². The minimum atomic E-state index is -4.71. The fraction of sp³-hybridized carbons (Fsp3) is 0.735. The number of nitrogens with zero attached hydrogens (tertiary/aromatic N) is 3. The molecule has 1 aromatic rings. The maximum absolute atomic E-state index is 14.7. The molecular formula is C34H58N3O11P2+. The van der Waals surface area contributed by atoms with Gasteiger partial charge in [0.25, 0.3) is 4.90 Å². The summed E-state index contributed by atoms with van der Waals surface area (Å²) in [5.74, 6) is -1.95. The highest BCUT2D eigenvalue weighted by atomic mass is 31.2. The fourth-order valence-electron chi connectivity index (χ4n) is 3.80. The highest BCUT2D eigenvalue weighted by Gasteiger charge is 2.65. The average molecular weight is 747 g/mol. The Bertz CT molecular complexity index is 1390. The average Bonchev–Trinajstić information content (AvgIpc) is 3.41.